The molecule has 146 valence electrons. The van der Waals surface area contributed by atoms with Gasteiger partial charge in [0, 0.05) is 18.8 Å². The topological polar surface area (TPSA) is 66.5 Å². The van der Waals surface area contributed by atoms with Crippen molar-refractivity contribution in [3.63, 3.8) is 0 Å². The highest BCUT2D eigenvalue weighted by molar-refractivity contribution is 7.89. The van der Waals surface area contributed by atoms with Crippen LogP contribution in [0.5, 0.6) is 0 Å². The summed E-state index contributed by atoms with van der Waals surface area (Å²) in [4.78, 5) is 13.5. The smallest absolute Gasteiger partial charge is 0.243 e. The van der Waals surface area contributed by atoms with Crippen LogP contribution in [-0.4, -0.2) is 31.7 Å². The first kappa shape index (κ1) is 17.7. The van der Waals surface area contributed by atoms with Crippen molar-refractivity contribution in [3.05, 3.63) is 24.3 Å². The van der Waals surface area contributed by atoms with Gasteiger partial charge >= 0.3 is 0 Å². The van der Waals surface area contributed by atoms with Crippen LogP contribution in [0.4, 0.5) is 5.69 Å². The van der Waals surface area contributed by atoms with E-state index in [1.807, 2.05) is 0 Å². The third kappa shape index (κ3) is 3.01. The average Bonchev–Trinajstić information content (AvgIpc) is 3.16. The lowest BCUT2D eigenvalue weighted by molar-refractivity contribution is -0.140. The Morgan fingerprint density at radius 1 is 1.00 bits per heavy atom. The molecule has 0 unspecified atom stereocenters. The Morgan fingerprint density at radius 2 is 1.59 bits per heavy atom. The second kappa shape index (κ2) is 6.31. The molecule has 0 spiro atoms. The summed E-state index contributed by atoms with van der Waals surface area (Å²) in [5.41, 5.74) is 0.384. The van der Waals surface area contributed by atoms with Gasteiger partial charge in [0.15, 0.2) is 0 Å². The molecule has 27 heavy (non-hydrogen) atoms. The van der Waals surface area contributed by atoms with Gasteiger partial charge in [-0.1, -0.05) is 6.07 Å². The van der Waals surface area contributed by atoms with E-state index in [-0.39, 0.29) is 16.2 Å². The molecule has 1 saturated heterocycles. The summed E-state index contributed by atoms with van der Waals surface area (Å²) in [7, 11) is -3.46. The van der Waals surface area contributed by atoms with Gasteiger partial charge in [-0.3, -0.25) is 4.79 Å². The first-order valence-electron chi connectivity index (χ1n) is 10.4. The summed E-state index contributed by atoms with van der Waals surface area (Å²) < 4.78 is 27.2. The van der Waals surface area contributed by atoms with E-state index in [0.29, 0.717) is 36.5 Å². The summed E-state index contributed by atoms with van der Waals surface area (Å²) in [5, 5.41) is 3.08. The molecular formula is C21H28N2O3S. The van der Waals surface area contributed by atoms with Crippen molar-refractivity contribution in [2.75, 3.05) is 18.4 Å². The quantitative estimate of drug-likeness (QED) is 0.857. The summed E-state index contributed by atoms with van der Waals surface area (Å²) in [5.74, 6) is 2.24. The van der Waals surface area contributed by atoms with E-state index < -0.39 is 10.0 Å². The lowest BCUT2D eigenvalue weighted by Gasteiger charge is -2.55. The van der Waals surface area contributed by atoms with Gasteiger partial charge in [-0.2, -0.15) is 4.31 Å². The Labute approximate surface area is 161 Å². The molecule has 1 aromatic carbocycles. The molecule has 1 aliphatic heterocycles. The maximum atomic E-state index is 13.2. The van der Waals surface area contributed by atoms with E-state index in [2.05, 4.69) is 5.32 Å². The Kier molecular flexibility index (Phi) is 4.13. The Hall–Kier alpha value is -1.40. The molecule has 5 fully saturated rings. The van der Waals surface area contributed by atoms with Crippen molar-refractivity contribution in [2.45, 2.75) is 56.3 Å². The van der Waals surface area contributed by atoms with Gasteiger partial charge in [-0.25, -0.2) is 8.42 Å². The molecule has 5 aliphatic rings. The van der Waals surface area contributed by atoms with Gasteiger partial charge in [-0.15, -0.1) is 0 Å². The maximum absolute atomic E-state index is 13.2. The van der Waals surface area contributed by atoms with Gasteiger partial charge in [0.1, 0.15) is 0 Å². The van der Waals surface area contributed by atoms with Crippen molar-refractivity contribution < 1.29 is 13.2 Å². The van der Waals surface area contributed by atoms with Crippen LogP contribution in [0.3, 0.4) is 0 Å². The lowest BCUT2D eigenvalue weighted by Crippen LogP contribution is -2.51. The molecule has 4 saturated carbocycles. The number of hydrogen-bond acceptors (Lipinski definition) is 3. The van der Waals surface area contributed by atoms with Crippen LogP contribution < -0.4 is 5.32 Å². The third-order valence-electron chi connectivity index (χ3n) is 7.31. The summed E-state index contributed by atoms with van der Waals surface area (Å²) >= 11 is 0. The highest BCUT2D eigenvalue weighted by Crippen LogP contribution is 2.60. The maximum Gasteiger partial charge on any atom is 0.243 e. The van der Waals surface area contributed by atoms with Crippen LogP contribution in [-0.2, 0) is 14.8 Å². The van der Waals surface area contributed by atoms with E-state index in [1.165, 1.54) is 19.3 Å². The number of carbonyl (C=O) groups excluding carboxylic acids is 1. The fourth-order valence-electron chi connectivity index (χ4n) is 6.46. The zero-order chi connectivity index (χ0) is 18.6. The van der Waals surface area contributed by atoms with Crippen LogP contribution in [0.2, 0.25) is 0 Å². The minimum atomic E-state index is -3.46. The van der Waals surface area contributed by atoms with E-state index in [4.69, 9.17) is 0 Å². The largest absolute Gasteiger partial charge is 0.326 e. The molecular weight excluding hydrogens is 360 g/mol. The van der Waals surface area contributed by atoms with Gasteiger partial charge in [0.2, 0.25) is 15.9 Å². The van der Waals surface area contributed by atoms with Gasteiger partial charge in [0.05, 0.1) is 10.3 Å². The average molecular weight is 389 g/mol. The van der Waals surface area contributed by atoms with Crippen molar-refractivity contribution in [2.24, 2.45) is 23.2 Å². The second-order valence-electron chi connectivity index (χ2n) is 9.29. The molecule has 1 amide bonds. The van der Waals surface area contributed by atoms with Crippen molar-refractivity contribution in [1.29, 1.82) is 0 Å². The number of carbonyl (C=O) groups is 1. The van der Waals surface area contributed by atoms with Crippen molar-refractivity contribution in [3.8, 4) is 0 Å². The molecule has 1 N–H and O–H groups in total. The van der Waals surface area contributed by atoms with Crippen LogP contribution in [0.25, 0.3) is 0 Å². The van der Waals surface area contributed by atoms with Crippen LogP contribution in [0.15, 0.2) is 29.2 Å². The summed E-state index contributed by atoms with van der Waals surface area (Å²) in [6, 6.07) is 6.81. The number of benzene rings is 1. The van der Waals surface area contributed by atoms with Gasteiger partial charge in [0.25, 0.3) is 0 Å². The molecule has 0 atom stereocenters. The summed E-state index contributed by atoms with van der Waals surface area (Å²) in [6.45, 7) is 1.18. The summed E-state index contributed by atoms with van der Waals surface area (Å²) in [6.07, 6.45) is 8.77. The lowest BCUT2D eigenvalue weighted by atomic mass is 9.49. The van der Waals surface area contributed by atoms with Gasteiger partial charge < -0.3 is 5.32 Å². The fourth-order valence-corrected chi connectivity index (χ4v) is 8.03. The molecule has 0 aromatic heterocycles. The van der Waals surface area contributed by atoms with Crippen LogP contribution >= 0.6 is 0 Å². The van der Waals surface area contributed by atoms with E-state index >= 15 is 0 Å². The SMILES string of the molecule is O=C(Nc1cccc(S(=O)(=O)N2CCCC2)c1)C12CC3CC(CC(C3)C1)C2. The molecule has 6 rings (SSSR count). The number of anilines is 1. The highest BCUT2D eigenvalue weighted by atomic mass is 32.2. The van der Waals surface area contributed by atoms with Crippen LogP contribution in [0.1, 0.15) is 51.4 Å². The number of hydrogen-bond donors (Lipinski definition) is 1. The zero-order valence-corrected chi connectivity index (χ0v) is 16.5. The van der Waals surface area contributed by atoms with Crippen LogP contribution in [0, 0.1) is 23.2 Å². The Morgan fingerprint density at radius 3 is 2.19 bits per heavy atom. The van der Waals surface area contributed by atoms with Gasteiger partial charge in [-0.05, 0) is 87.3 Å². The molecule has 6 heteroatoms. The number of sulfonamides is 1. The number of nitrogens with one attached hydrogen (secondary N) is 1. The second-order valence-corrected chi connectivity index (χ2v) is 11.2. The van der Waals surface area contributed by atoms with E-state index in [1.54, 1.807) is 28.6 Å². The Bertz CT molecular complexity index is 823. The zero-order valence-electron chi connectivity index (χ0n) is 15.7. The molecule has 0 radical (unpaired) electrons. The molecule has 4 aliphatic carbocycles. The molecule has 4 bridgehead atoms. The fraction of sp³-hybridized carbons (Fsp3) is 0.667. The first-order chi connectivity index (χ1) is 12.9. The predicted molar refractivity (Wildman–Crippen MR) is 104 cm³/mol. The van der Waals surface area contributed by atoms with E-state index in [0.717, 1.165) is 32.1 Å². The third-order valence-corrected chi connectivity index (χ3v) is 9.21. The molecule has 1 aromatic rings. The predicted octanol–water partition coefficient (Wildman–Crippen LogP) is 3.63. The minimum Gasteiger partial charge on any atom is -0.326 e. The number of amides is 1. The number of rotatable bonds is 4. The van der Waals surface area contributed by atoms with Crippen molar-refractivity contribution in [1.82, 2.24) is 4.31 Å². The monoisotopic (exact) mass is 388 g/mol. The van der Waals surface area contributed by atoms with Crippen molar-refractivity contribution >= 4 is 21.6 Å². The highest BCUT2D eigenvalue weighted by Gasteiger charge is 2.54. The number of nitrogens with zero attached hydrogens (tertiary/aromatic N) is 1. The van der Waals surface area contributed by atoms with E-state index in [9.17, 15) is 13.2 Å². The normalized spacial score (nSPS) is 35.5. The Balaban J connectivity index is 1.36. The minimum absolute atomic E-state index is 0.109. The molecule has 5 nitrogen and oxygen atoms in total. The standard InChI is InChI=1S/C21H28N2O3S/c24-20(21-12-15-8-16(13-21)10-17(9-15)14-21)22-18-4-3-5-19(11-18)27(25,26)23-6-1-2-7-23/h3-5,11,15-17H,1-2,6-10,12-14H2,(H,22,24). The molecule has 1 heterocycles. The first-order valence-corrected chi connectivity index (χ1v) is 11.8.